The number of nitriles is 1. The summed E-state index contributed by atoms with van der Waals surface area (Å²) >= 11 is 11.8. The van der Waals surface area contributed by atoms with Crippen LogP contribution < -0.4 is 0 Å². The highest BCUT2D eigenvalue weighted by Crippen LogP contribution is 2.28. The number of rotatable bonds is 2. The first-order valence-corrected chi connectivity index (χ1v) is 5.73. The van der Waals surface area contributed by atoms with Gasteiger partial charge in [-0.25, -0.2) is 0 Å². The number of hydrogen-bond acceptors (Lipinski definition) is 2. The van der Waals surface area contributed by atoms with Crippen molar-refractivity contribution in [2.45, 2.75) is 6.42 Å². The smallest absolute Gasteiger partial charge is 0.0774 e. The number of halogens is 2. The quantitative estimate of drug-likeness (QED) is 0.817. The lowest BCUT2D eigenvalue weighted by molar-refractivity contribution is 1.12. The molecule has 0 aliphatic rings. The summed E-state index contributed by atoms with van der Waals surface area (Å²) in [5.41, 5.74) is 2.66. The molecule has 4 heteroatoms. The van der Waals surface area contributed by atoms with Gasteiger partial charge >= 0.3 is 0 Å². The molecule has 0 saturated carbocycles. The van der Waals surface area contributed by atoms with E-state index in [-0.39, 0.29) is 0 Å². The van der Waals surface area contributed by atoms with Gasteiger partial charge in [-0.2, -0.15) is 5.26 Å². The molecule has 0 atom stereocenters. The first kappa shape index (κ1) is 11.9. The zero-order valence-electron chi connectivity index (χ0n) is 8.82. The second kappa shape index (κ2) is 5.18. The zero-order valence-corrected chi connectivity index (χ0v) is 10.3. The number of hydrogen-bond donors (Lipinski definition) is 0. The standard InChI is InChI=1S/C13H8Cl2N2/c14-12-4-2-9(7-13(12)15)10-1-3-11(5-6-16)17-8-10/h1-4,7-8H,5H2. The first-order valence-electron chi connectivity index (χ1n) is 4.98. The summed E-state index contributed by atoms with van der Waals surface area (Å²) in [5.74, 6) is 0. The molecule has 0 radical (unpaired) electrons. The van der Waals surface area contributed by atoms with Gasteiger partial charge in [-0.15, -0.1) is 0 Å². The molecule has 0 bridgehead atoms. The summed E-state index contributed by atoms with van der Waals surface area (Å²) in [6.45, 7) is 0. The number of pyridine rings is 1. The van der Waals surface area contributed by atoms with Gasteiger partial charge in [0.25, 0.3) is 0 Å². The van der Waals surface area contributed by atoms with E-state index in [1.165, 1.54) is 0 Å². The van der Waals surface area contributed by atoms with Crippen molar-refractivity contribution in [1.82, 2.24) is 4.98 Å². The lowest BCUT2D eigenvalue weighted by Gasteiger charge is -2.03. The summed E-state index contributed by atoms with van der Waals surface area (Å²) in [5, 5.41) is 9.60. The second-order valence-corrected chi connectivity index (χ2v) is 4.32. The minimum atomic E-state index is 0.321. The molecular weight excluding hydrogens is 255 g/mol. The Kier molecular flexibility index (Phi) is 3.63. The fourth-order valence-electron chi connectivity index (χ4n) is 1.46. The van der Waals surface area contributed by atoms with Crippen LogP contribution in [-0.2, 0) is 6.42 Å². The average molecular weight is 263 g/mol. The molecule has 0 aliphatic carbocycles. The molecule has 0 aliphatic heterocycles. The Morgan fingerprint density at radius 3 is 2.41 bits per heavy atom. The van der Waals surface area contributed by atoms with Crippen molar-refractivity contribution >= 4 is 23.2 Å². The minimum Gasteiger partial charge on any atom is -0.260 e. The molecule has 0 spiro atoms. The Labute approximate surface area is 109 Å². The Morgan fingerprint density at radius 1 is 1.06 bits per heavy atom. The molecule has 0 unspecified atom stereocenters. The van der Waals surface area contributed by atoms with Crippen molar-refractivity contribution in [3.05, 3.63) is 52.3 Å². The lowest BCUT2D eigenvalue weighted by Crippen LogP contribution is -1.88. The third-order valence-corrected chi connectivity index (χ3v) is 3.08. The maximum atomic E-state index is 8.55. The lowest BCUT2D eigenvalue weighted by atomic mass is 10.1. The van der Waals surface area contributed by atoms with Crippen molar-refractivity contribution in [3.63, 3.8) is 0 Å². The molecule has 1 aromatic heterocycles. The predicted octanol–water partition coefficient (Wildman–Crippen LogP) is 4.12. The van der Waals surface area contributed by atoms with Crippen molar-refractivity contribution in [2.75, 3.05) is 0 Å². The summed E-state index contributed by atoms with van der Waals surface area (Å²) in [7, 11) is 0. The van der Waals surface area contributed by atoms with E-state index in [9.17, 15) is 0 Å². The molecule has 0 N–H and O–H groups in total. The van der Waals surface area contributed by atoms with Gasteiger partial charge in [0.1, 0.15) is 0 Å². The normalized spacial score (nSPS) is 9.94. The monoisotopic (exact) mass is 262 g/mol. The summed E-state index contributed by atoms with van der Waals surface area (Å²) in [6, 6.07) is 11.2. The Bertz CT molecular complexity index is 571. The molecule has 0 saturated heterocycles. The van der Waals surface area contributed by atoms with Gasteiger partial charge in [-0.05, 0) is 23.8 Å². The Morgan fingerprint density at radius 2 is 1.82 bits per heavy atom. The van der Waals surface area contributed by atoms with Crippen LogP contribution in [0.1, 0.15) is 5.69 Å². The van der Waals surface area contributed by atoms with E-state index >= 15 is 0 Å². The van der Waals surface area contributed by atoms with Gasteiger partial charge in [0.05, 0.1) is 28.2 Å². The van der Waals surface area contributed by atoms with E-state index < -0.39 is 0 Å². The van der Waals surface area contributed by atoms with Crippen LogP contribution in [0.3, 0.4) is 0 Å². The molecule has 1 aromatic carbocycles. The van der Waals surface area contributed by atoms with E-state index in [0.29, 0.717) is 16.5 Å². The average Bonchev–Trinajstić information content (AvgIpc) is 2.34. The van der Waals surface area contributed by atoms with Gasteiger partial charge in [-0.3, -0.25) is 4.98 Å². The molecule has 1 heterocycles. The molecule has 84 valence electrons. The van der Waals surface area contributed by atoms with E-state index in [1.807, 2.05) is 18.2 Å². The van der Waals surface area contributed by atoms with Gasteiger partial charge in [0.15, 0.2) is 0 Å². The topological polar surface area (TPSA) is 36.7 Å². The molecular formula is C13H8Cl2N2. The largest absolute Gasteiger partial charge is 0.260 e. The van der Waals surface area contributed by atoms with Gasteiger partial charge in [0, 0.05) is 11.8 Å². The zero-order chi connectivity index (χ0) is 12.3. The predicted molar refractivity (Wildman–Crippen MR) is 69.0 cm³/mol. The van der Waals surface area contributed by atoms with Crippen molar-refractivity contribution in [3.8, 4) is 17.2 Å². The van der Waals surface area contributed by atoms with Gasteiger partial charge in [0.2, 0.25) is 0 Å². The molecule has 0 fully saturated rings. The highest BCUT2D eigenvalue weighted by Gasteiger charge is 2.02. The van der Waals surface area contributed by atoms with Crippen LogP contribution in [0.5, 0.6) is 0 Å². The fourth-order valence-corrected chi connectivity index (χ4v) is 1.75. The number of benzene rings is 1. The van der Waals surface area contributed by atoms with E-state index in [4.69, 9.17) is 28.5 Å². The van der Waals surface area contributed by atoms with E-state index in [1.54, 1.807) is 18.3 Å². The van der Waals surface area contributed by atoms with Crippen LogP contribution in [0.25, 0.3) is 11.1 Å². The van der Waals surface area contributed by atoms with Crippen molar-refractivity contribution < 1.29 is 0 Å². The highest BCUT2D eigenvalue weighted by molar-refractivity contribution is 6.42. The maximum Gasteiger partial charge on any atom is 0.0774 e. The molecule has 2 aromatic rings. The van der Waals surface area contributed by atoms with Gasteiger partial charge in [-0.1, -0.05) is 35.3 Å². The van der Waals surface area contributed by atoms with E-state index in [2.05, 4.69) is 11.1 Å². The third kappa shape index (κ3) is 2.76. The Hall–Kier alpha value is -1.56. The molecule has 17 heavy (non-hydrogen) atoms. The first-order chi connectivity index (χ1) is 8.20. The third-order valence-electron chi connectivity index (χ3n) is 2.34. The van der Waals surface area contributed by atoms with Crippen LogP contribution in [0.4, 0.5) is 0 Å². The number of nitrogens with zero attached hydrogens (tertiary/aromatic N) is 2. The summed E-state index contributed by atoms with van der Waals surface area (Å²) in [4.78, 5) is 4.20. The van der Waals surface area contributed by atoms with Crippen molar-refractivity contribution in [2.24, 2.45) is 0 Å². The molecule has 2 rings (SSSR count). The summed E-state index contributed by atoms with van der Waals surface area (Å²) in [6.07, 6.45) is 2.05. The minimum absolute atomic E-state index is 0.321. The Balaban J connectivity index is 2.33. The summed E-state index contributed by atoms with van der Waals surface area (Å²) < 4.78 is 0. The molecule has 2 nitrogen and oxygen atoms in total. The van der Waals surface area contributed by atoms with Crippen molar-refractivity contribution in [1.29, 1.82) is 5.26 Å². The van der Waals surface area contributed by atoms with Crippen LogP contribution in [0.2, 0.25) is 10.0 Å². The van der Waals surface area contributed by atoms with Crippen LogP contribution in [0.15, 0.2) is 36.5 Å². The van der Waals surface area contributed by atoms with Crippen LogP contribution in [0, 0.1) is 11.3 Å². The molecule has 0 amide bonds. The van der Waals surface area contributed by atoms with E-state index in [0.717, 1.165) is 16.8 Å². The SMILES string of the molecule is N#CCc1ccc(-c2ccc(Cl)c(Cl)c2)cn1. The van der Waals surface area contributed by atoms with Crippen LogP contribution >= 0.6 is 23.2 Å². The highest BCUT2D eigenvalue weighted by atomic mass is 35.5. The van der Waals surface area contributed by atoms with Gasteiger partial charge < -0.3 is 0 Å². The maximum absolute atomic E-state index is 8.55. The fraction of sp³-hybridized carbons (Fsp3) is 0.0769. The number of aromatic nitrogens is 1. The van der Waals surface area contributed by atoms with Crippen LogP contribution in [-0.4, -0.2) is 4.98 Å². The second-order valence-electron chi connectivity index (χ2n) is 3.50.